The van der Waals surface area contributed by atoms with Crippen LogP contribution in [0.4, 0.5) is 0 Å². The molecule has 0 aromatic carbocycles. The number of guanidine groups is 1. The van der Waals surface area contributed by atoms with Crippen LogP contribution in [0.3, 0.4) is 0 Å². The van der Waals surface area contributed by atoms with Gasteiger partial charge in [-0.25, -0.2) is 15.0 Å². The van der Waals surface area contributed by atoms with Crippen LogP contribution in [0.25, 0.3) is 0 Å². The van der Waals surface area contributed by atoms with Gasteiger partial charge in [-0.05, 0) is 6.08 Å². The van der Waals surface area contributed by atoms with Crippen molar-refractivity contribution >= 4 is 18.6 Å². The topological polar surface area (TPSA) is 60.3 Å². The third-order valence-corrected chi connectivity index (χ3v) is 1.77. The van der Waals surface area contributed by atoms with Gasteiger partial charge < -0.3 is 4.90 Å². The summed E-state index contributed by atoms with van der Waals surface area (Å²) in [5.74, 6) is 0.571. The number of hydrogen-bond acceptors (Lipinski definition) is 5. The number of aliphatic imine (C=N–C) groups is 2. The summed E-state index contributed by atoms with van der Waals surface area (Å²) in [6.45, 7) is 0. The zero-order valence-corrected chi connectivity index (χ0v) is 7.08. The van der Waals surface area contributed by atoms with Crippen LogP contribution in [0.5, 0.6) is 0 Å². The predicted octanol–water partition coefficient (Wildman–Crippen LogP) is -0.868. The first-order valence-electron chi connectivity index (χ1n) is 3.82. The molecule has 2 aliphatic heterocycles. The first kappa shape index (κ1) is 7.93. The molecule has 1 amide bonds. The lowest BCUT2D eigenvalue weighted by Gasteiger charge is -2.19. The average Bonchev–Trinajstić information content (AvgIpc) is 2.59. The van der Waals surface area contributed by atoms with Gasteiger partial charge in [0.05, 0.1) is 0 Å². The quantitative estimate of drug-likeness (QED) is 0.561. The Labute approximate surface area is 75.2 Å². The van der Waals surface area contributed by atoms with Gasteiger partial charge in [-0.1, -0.05) is 0 Å². The highest BCUT2D eigenvalue weighted by Gasteiger charge is 2.25. The molecule has 6 nitrogen and oxygen atoms in total. The summed E-state index contributed by atoms with van der Waals surface area (Å²) >= 11 is 0. The summed E-state index contributed by atoms with van der Waals surface area (Å²) in [6, 6.07) is 0. The lowest BCUT2D eigenvalue weighted by molar-refractivity contribution is -0.119. The molecule has 13 heavy (non-hydrogen) atoms. The summed E-state index contributed by atoms with van der Waals surface area (Å²) in [7, 11) is 1.65. The Morgan fingerprint density at radius 3 is 3.31 bits per heavy atom. The van der Waals surface area contributed by atoms with Crippen LogP contribution in [0.15, 0.2) is 22.3 Å². The molecule has 1 atom stereocenters. The van der Waals surface area contributed by atoms with Gasteiger partial charge >= 0.3 is 0 Å². The van der Waals surface area contributed by atoms with Crippen molar-refractivity contribution in [3.05, 3.63) is 12.3 Å². The number of hydrazine groups is 1. The van der Waals surface area contributed by atoms with Crippen molar-refractivity contribution in [3.63, 3.8) is 0 Å². The number of allylic oxidation sites excluding steroid dienone is 1. The standard InChI is InChI=1S/C7H9N5O/c1-11(5-13)7-9-6-8-3-2-4-12(6)10-7/h2-5,7,10H,1H3. The van der Waals surface area contributed by atoms with E-state index >= 15 is 0 Å². The molecule has 0 saturated carbocycles. The van der Waals surface area contributed by atoms with Gasteiger partial charge in [-0.15, -0.1) is 0 Å². The minimum atomic E-state index is -0.354. The molecule has 0 aromatic rings. The predicted molar refractivity (Wildman–Crippen MR) is 47.7 cm³/mol. The maximum absolute atomic E-state index is 10.4. The number of fused-ring (bicyclic) bond motifs is 1. The van der Waals surface area contributed by atoms with E-state index in [2.05, 4.69) is 15.4 Å². The van der Waals surface area contributed by atoms with Gasteiger partial charge in [0.2, 0.25) is 12.4 Å². The molecule has 1 N–H and O–H groups in total. The van der Waals surface area contributed by atoms with Crippen LogP contribution < -0.4 is 5.43 Å². The molecule has 0 radical (unpaired) electrons. The summed E-state index contributed by atoms with van der Waals surface area (Å²) in [5.41, 5.74) is 2.97. The van der Waals surface area contributed by atoms with Crippen molar-refractivity contribution in [1.82, 2.24) is 15.3 Å². The molecule has 0 aliphatic carbocycles. The van der Waals surface area contributed by atoms with Crippen molar-refractivity contribution in [2.45, 2.75) is 6.29 Å². The highest BCUT2D eigenvalue weighted by molar-refractivity contribution is 5.94. The van der Waals surface area contributed by atoms with E-state index in [0.29, 0.717) is 12.4 Å². The van der Waals surface area contributed by atoms with Crippen LogP contribution in [0.2, 0.25) is 0 Å². The first-order valence-corrected chi connectivity index (χ1v) is 3.82. The van der Waals surface area contributed by atoms with Gasteiger partial charge in [-0.3, -0.25) is 4.79 Å². The summed E-state index contributed by atoms with van der Waals surface area (Å²) < 4.78 is 0. The van der Waals surface area contributed by atoms with E-state index in [4.69, 9.17) is 0 Å². The highest BCUT2D eigenvalue weighted by atomic mass is 16.1. The minimum absolute atomic E-state index is 0.354. The van der Waals surface area contributed by atoms with Crippen LogP contribution in [0.1, 0.15) is 0 Å². The van der Waals surface area contributed by atoms with E-state index in [1.165, 1.54) is 4.90 Å². The van der Waals surface area contributed by atoms with E-state index in [-0.39, 0.29) is 6.29 Å². The Morgan fingerprint density at radius 2 is 2.62 bits per heavy atom. The fourth-order valence-electron chi connectivity index (χ4n) is 1.06. The Hall–Kier alpha value is -1.69. The Kier molecular flexibility index (Phi) is 1.82. The summed E-state index contributed by atoms with van der Waals surface area (Å²) in [5, 5.41) is 1.67. The Bertz CT molecular complexity index is 308. The van der Waals surface area contributed by atoms with Gasteiger partial charge in [-0.2, -0.15) is 5.43 Å². The van der Waals surface area contributed by atoms with Crippen LogP contribution in [-0.4, -0.2) is 41.8 Å². The third-order valence-electron chi connectivity index (χ3n) is 1.77. The molecule has 2 rings (SSSR count). The molecule has 0 saturated heterocycles. The molecule has 0 fully saturated rings. The molecule has 0 aromatic heterocycles. The van der Waals surface area contributed by atoms with E-state index in [1.807, 2.05) is 0 Å². The van der Waals surface area contributed by atoms with Crippen LogP contribution in [-0.2, 0) is 4.79 Å². The van der Waals surface area contributed by atoms with Crippen LogP contribution >= 0.6 is 0 Å². The second-order valence-electron chi connectivity index (χ2n) is 2.69. The molecule has 2 heterocycles. The number of nitrogens with zero attached hydrogens (tertiary/aromatic N) is 4. The van der Waals surface area contributed by atoms with Gasteiger partial charge in [0.25, 0.3) is 0 Å². The lowest BCUT2D eigenvalue weighted by atomic mass is 10.6. The minimum Gasteiger partial charge on any atom is -0.312 e. The summed E-state index contributed by atoms with van der Waals surface area (Å²) in [6.07, 6.45) is 5.60. The van der Waals surface area contributed by atoms with Crippen molar-refractivity contribution < 1.29 is 4.79 Å². The van der Waals surface area contributed by atoms with E-state index < -0.39 is 0 Å². The molecule has 0 spiro atoms. The largest absolute Gasteiger partial charge is 0.312 e. The molecule has 0 bridgehead atoms. The van der Waals surface area contributed by atoms with E-state index in [9.17, 15) is 4.79 Å². The number of nitrogens with one attached hydrogen (secondary N) is 1. The number of hydrogen-bond donors (Lipinski definition) is 1. The van der Waals surface area contributed by atoms with Crippen molar-refractivity contribution in [2.75, 3.05) is 7.05 Å². The van der Waals surface area contributed by atoms with Crippen LogP contribution in [0, 0.1) is 0 Å². The van der Waals surface area contributed by atoms with Crippen molar-refractivity contribution in [2.24, 2.45) is 9.98 Å². The van der Waals surface area contributed by atoms with Gasteiger partial charge in [0.15, 0.2) is 6.29 Å². The van der Waals surface area contributed by atoms with Gasteiger partial charge in [0.1, 0.15) is 0 Å². The average molecular weight is 179 g/mol. The zero-order chi connectivity index (χ0) is 9.26. The maximum Gasteiger partial charge on any atom is 0.242 e. The van der Waals surface area contributed by atoms with Gasteiger partial charge in [0, 0.05) is 19.5 Å². The molecule has 6 heteroatoms. The number of carbonyl (C=O) groups is 1. The maximum atomic E-state index is 10.4. The second kappa shape index (κ2) is 2.98. The Morgan fingerprint density at radius 1 is 1.77 bits per heavy atom. The third kappa shape index (κ3) is 1.31. The SMILES string of the molecule is CN(C=O)C1N=C2N=CC=CN2N1. The second-order valence-corrected chi connectivity index (χ2v) is 2.69. The number of rotatable bonds is 2. The Balaban J connectivity index is 2.15. The fraction of sp³-hybridized carbons (Fsp3) is 0.286. The smallest absolute Gasteiger partial charge is 0.242 e. The van der Waals surface area contributed by atoms with Crippen molar-refractivity contribution in [3.8, 4) is 0 Å². The number of carbonyl (C=O) groups excluding carboxylic acids is 1. The fourth-order valence-corrected chi connectivity index (χ4v) is 1.06. The molecule has 68 valence electrons. The zero-order valence-electron chi connectivity index (χ0n) is 7.08. The van der Waals surface area contributed by atoms with E-state index in [1.54, 1.807) is 30.5 Å². The number of amides is 1. The normalized spacial score (nSPS) is 24.2. The molecular formula is C7H9N5O. The molecular weight excluding hydrogens is 170 g/mol. The molecule has 1 unspecified atom stereocenters. The van der Waals surface area contributed by atoms with E-state index in [0.717, 1.165) is 0 Å². The monoisotopic (exact) mass is 179 g/mol. The first-order chi connectivity index (χ1) is 6.31. The summed E-state index contributed by atoms with van der Waals surface area (Å²) in [4.78, 5) is 20.0. The highest BCUT2D eigenvalue weighted by Crippen LogP contribution is 2.08. The molecule has 2 aliphatic rings. The lowest BCUT2D eigenvalue weighted by Crippen LogP contribution is -2.44. The van der Waals surface area contributed by atoms with Crippen molar-refractivity contribution in [1.29, 1.82) is 0 Å².